The van der Waals surface area contributed by atoms with Crippen molar-refractivity contribution in [3.63, 3.8) is 0 Å². The van der Waals surface area contributed by atoms with E-state index < -0.39 is 51.9 Å². The first-order valence-corrected chi connectivity index (χ1v) is 15.3. The van der Waals surface area contributed by atoms with Gasteiger partial charge in [-0.15, -0.1) is 0 Å². The number of anilines is 2. The molecule has 1 aliphatic rings. The number of Topliss-reactive ketones (excluding diaryl/α,β-unsaturated/α-hetero) is 1. The molecular weight excluding hydrogens is 561 g/mol. The summed E-state index contributed by atoms with van der Waals surface area (Å²) in [5, 5.41) is 5.59. The minimum atomic E-state index is -1.96. The standard InChI is InChI=1S/C31H34FN3O6S/c1-20-11-16-27(41-20)30(31(39)34-24-8-4-3-5-9-24)35(26-10-6-7-22(17-26)21(2)36)29(38)19-42(40)18-28(37)33-25-14-12-23(32)13-15-25/h6-7,10-17,24,30H,3-5,8-9,18-19H2,1-2H3,(H,33,37)(H,34,39)/t30-,42+/m0/s1. The van der Waals surface area contributed by atoms with Gasteiger partial charge in [-0.2, -0.15) is 0 Å². The number of amides is 3. The Kier molecular flexibility index (Phi) is 10.4. The van der Waals surface area contributed by atoms with Crippen LogP contribution in [0.15, 0.2) is 65.1 Å². The first-order valence-electron chi connectivity index (χ1n) is 13.8. The van der Waals surface area contributed by atoms with Crippen LogP contribution >= 0.6 is 0 Å². The van der Waals surface area contributed by atoms with E-state index in [0.717, 1.165) is 32.1 Å². The second-order valence-corrected chi connectivity index (χ2v) is 11.8. The summed E-state index contributed by atoms with van der Waals surface area (Å²) < 4.78 is 32.1. The Labute approximate surface area is 246 Å². The molecule has 3 aromatic rings. The molecule has 222 valence electrons. The number of rotatable bonds is 11. The van der Waals surface area contributed by atoms with Crippen LogP contribution in [0.25, 0.3) is 0 Å². The number of halogens is 1. The molecule has 1 fully saturated rings. The summed E-state index contributed by atoms with van der Waals surface area (Å²) in [6.07, 6.45) is 4.69. The largest absolute Gasteiger partial charge is 0.464 e. The topological polar surface area (TPSA) is 126 Å². The van der Waals surface area contributed by atoms with E-state index in [1.54, 1.807) is 37.3 Å². The summed E-state index contributed by atoms with van der Waals surface area (Å²) in [5.74, 6) is -2.80. The Morgan fingerprint density at radius 1 is 1.00 bits per heavy atom. The molecule has 0 spiro atoms. The maximum Gasteiger partial charge on any atom is 0.251 e. The van der Waals surface area contributed by atoms with Gasteiger partial charge in [0.05, 0.1) is 0 Å². The number of nitrogens with one attached hydrogen (secondary N) is 2. The highest BCUT2D eigenvalue weighted by Gasteiger charge is 2.37. The van der Waals surface area contributed by atoms with Crippen LogP contribution in [-0.4, -0.2) is 45.3 Å². The number of ketones is 1. The average molecular weight is 596 g/mol. The van der Waals surface area contributed by atoms with Crippen molar-refractivity contribution >= 4 is 45.7 Å². The number of aryl methyl sites for hydroxylation is 1. The van der Waals surface area contributed by atoms with Gasteiger partial charge in [-0.25, -0.2) is 4.39 Å². The molecular formula is C31H34FN3O6S. The fraction of sp³-hybridized carbons (Fsp3) is 0.355. The monoisotopic (exact) mass is 595 g/mol. The molecule has 0 bridgehead atoms. The van der Waals surface area contributed by atoms with Crippen molar-refractivity contribution in [2.45, 2.75) is 58.0 Å². The van der Waals surface area contributed by atoms with Crippen LogP contribution in [0.5, 0.6) is 0 Å². The highest BCUT2D eigenvalue weighted by Crippen LogP contribution is 2.31. The van der Waals surface area contributed by atoms with Crippen LogP contribution in [0.1, 0.15) is 66.9 Å². The van der Waals surface area contributed by atoms with Gasteiger partial charge >= 0.3 is 0 Å². The molecule has 1 heterocycles. The summed E-state index contributed by atoms with van der Waals surface area (Å²) in [7, 11) is -1.96. The van der Waals surface area contributed by atoms with Crippen LogP contribution in [0.2, 0.25) is 0 Å². The van der Waals surface area contributed by atoms with Gasteiger partial charge in [-0.3, -0.25) is 28.3 Å². The summed E-state index contributed by atoms with van der Waals surface area (Å²) in [6, 6.07) is 13.4. The molecule has 1 saturated carbocycles. The molecule has 2 aromatic carbocycles. The highest BCUT2D eigenvalue weighted by molar-refractivity contribution is 7.86. The quantitative estimate of drug-likeness (QED) is 0.306. The van der Waals surface area contributed by atoms with Gasteiger partial charge in [0, 0.05) is 33.8 Å². The molecule has 0 unspecified atom stereocenters. The minimum absolute atomic E-state index is 0.0606. The van der Waals surface area contributed by atoms with E-state index in [4.69, 9.17) is 4.42 Å². The van der Waals surface area contributed by atoms with Crippen LogP contribution in [0.3, 0.4) is 0 Å². The van der Waals surface area contributed by atoms with E-state index in [0.29, 0.717) is 17.0 Å². The van der Waals surface area contributed by atoms with E-state index in [2.05, 4.69) is 10.6 Å². The number of furan rings is 1. The van der Waals surface area contributed by atoms with Gasteiger partial charge in [0.1, 0.15) is 28.8 Å². The number of carbonyl (C=O) groups excluding carboxylic acids is 4. The lowest BCUT2D eigenvalue weighted by Crippen LogP contribution is -2.48. The molecule has 4 rings (SSSR count). The third-order valence-corrected chi connectivity index (χ3v) is 8.15. The second kappa shape index (κ2) is 14.2. The van der Waals surface area contributed by atoms with Crippen molar-refractivity contribution in [3.05, 3.63) is 83.6 Å². The summed E-state index contributed by atoms with van der Waals surface area (Å²) in [6.45, 7) is 3.11. The SMILES string of the molecule is CC(=O)c1cccc(N(C(=O)C[S@](=O)CC(=O)Nc2ccc(F)cc2)[C@H](C(=O)NC2CCCCC2)c2ccc(C)o2)c1. The molecule has 2 atom stereocenters. The predicted octanol–water partition coefficient (Wildman–Crippen LogP) is 4.84. The molecule has 3 amide bonds. The minimum Gasteiger partial charge on any atom is -0.464 e. The van der Waals surface area contributed by atoms with Crippen LogP contribution in [0.4, 0.5) is 15.8 Å². The van der Waals surface area contributed by atoms with Crippen LogP contribution in [-0.2, 0) is 25.2 Å². The smallest absolute Gasteiger partial charge is 0.251 e. The lowest BCUT2D eigenvalue weighted by atomic mass is 9.95. The molecule has 1 aliphatic carbocycles. The van der Waals surface area contributed by atoms with E-state index in [9.17, 15) is 27.8 Å². The lowest BCUT2D eigenvalue weighted by Gasteiger charge is -2.32. The Morgan fingerprint density at radius 2 is 1.71 bits per heavy atom. The van der Waals surface area contributed by atoms with E-state index in [-0.39, 0.29) is 23.3 Å². The van der Waals surface area contributed by atoms with Crippen molar-refractivity contribution < 1.29 is 32.2 Å². The van der Waals surface area contributed by atoms with Crippen molar-refractivity contribution in [2.24, 2.45) is 0 Å². The number of nitrogens with zero attached hydrogens (tertiary/aromatic N) is 1. The fourth-order valence-electron chi connectivity index (χ4n) is 4.95. The van der Waals surface area contributed by atoms with Gasteiger partial charge in [0.15, 0.2) is 11.8 Å². The van der Waals surface area contributed by atoms with Crippen molar-refractivity contribution in [1.82, 2.24) is 5.32 Å². The molecule has 9 nitrogen and oxygen atoms in total. The van der Waals surface area contributed by atoms with Crippen LogP contribution < -0.4 is 15.5 Å². The second-order valence-electron chi connectivity index (χ2n) is 10.3. The van der Waals surface area contributed by atoms with E-state index in [1.807, 2.05) is 0 Å². The lowest BCUT2D eigenvalue weighted by molar-refractivity contribution is -0.127. The molecule has 0 saturated heterocycles. The Balaban J connectivity index is 1.62. The van der Waals surface area contributed by atoms with Crippen LogP contribution in [0, 0.1) is 12.7 Å². The van der Waals surface area contributed by atoms with Crippen molar-refractivity contribution in [2.75, 3.05) is 21.7 Å². The van der Waals surface area contributed by atoms with E-state index in [1.165, 1.54) is 42.2 Å². The molecule has 11 heteroatoms. The van der Waals surface area contributed by atoms with Crippen molar-refractivity contribution in [3.8, 4) is 0 Å². The van der Waals surface area contributed by atoms with Gasteiger partial charge < -0.3 is 15.1 Å². The molecule has 0 aliphatic heterocycles. The van der Waals surface area contributed by atoms with Gasteiger partial charge in [-0.1, -0.05) is 31.4 Å². The van der Waals surface area contributed by atoms with Gasteiger partial charge in [0.25, 0.3) is 5.91 Å². The normalized spacial score (nSPS) is 14.9. The maximum absolute atomic E-state index is 13.9. The number of hydrogen-bond donors (Lipinski definition) is 2. The Morgan fingerprint density at radius 3 is 2.36 bits per heavy atom. The number of benzene rings is 2. The number of carbonyl (C=O) groups is 4. The molecule has 2 N–H and O–H groups in total. The third kappa shape index (κ3) is 8.22. The van der Waals surface area contributed by atoms with Gasteiger partial charge in [-0.05, 0) is 75.2 Å². The Hall–Kier alpha value is -4.12. The molecule has 42 heavy (non-hydrogen) atoms. The first-order chi connectivity index (χ1) is 20.1. The van der Waals surface area contributed by atoms with Crippen molar-refractivity contribution in [1.29, 1.82) is 0 Å². The zero-order chi connectivity index (χ0) is 30.2. The number of hydrogen-bond acceptors (Lipinski definition) is 6. The third-order valence-electron chi connectivity index (χ3n) is 6.99. The average Bonchev–Trinajstić information content (AvgIpc) is 3.38. The van der Waals surface area contributed by atoms with Gasteiger partial charge in [0.2, 0.25) is 11.8 Å². The zero-order valence-electron chi connectivity index (χ0n) is 23.6. The molecule has 0 radical (unpaired) electrons. The zero-order valence-corrected chi connectivity index (χ0v) is 24.4. The maximum atomic E-state index is 13.9. The summed E-state index contributed by atoms with van der Waals surface area (Å²) >= 11 is 0. The first kappa shape index (κ1) is 30.8. The van der Waals surface area contributed by atoms with E-state index >= 15 is 0 Å². The predicted molar refractivity (Wildman–Crippen MR) is 158 cm³/mol. The summed E-state index contributed by atoms with van der Waals surface area (Å²) in [5.41, 5.74) is 0.894. The highest BCUT2D eigenvalue weighted by atomic mass is 32.2. The Bertz CT molecular complexity index is 1470. The summed E-state index contributed by atoms with van der Waals surface area (Å²) in [4.78, 5) is 53.6. The fourth-order valence-corrected chi connectivity index (χ4v) is 5.83. The molecule has 1 aromatic heterocycles.